The van der Waals surface area contributed by atoms with E-state index in [0.29, 0.717) is 0 Å². The van der Waals surface area contributed by atoms with Crippen molar-refractivity contribution in [3.05, 3.63) is 170 Å². The molecule has 0 aliphatic rings. The SMILES string of the molecule is c1ccc(-c2cccc(-c3cccc(-c4c5ccccc5c(-c5cccc6c5oc5ccccc56)c5ccccc45)c3)c2)cc1. The maximum absolute atomic E-state index is 6.56. The molecule has 9 rings (SSSR count). The fourth-order valence-electron chi connectivity index (χ4n) is 7.04. The number of hydrogen-bond acceptors (Lipinski definition) is 1. The Morgan fingerprint density at radius 1 is 0.289 bits per heavy atom. The van der Waals surface area contributed by atoms with Crippen LogP contribution >= 0.6 is 0 Å². The molecule has 0 atom stereocenters. The molecule has 0 N–H and O–H groups in total. The van der Waals surface area contributed by atoms with Crippen molar-refractivity contribution in [1.82, 2.24) is 0 Å². The quantitative estimate of drug-likeness (QED) is 0.191. The molecule has 0 saturated carbocycles. The lowest BCUT2D eigenvalue weighted by molar-refractivity contribution is 0.670. The van der Waals surface area contributed by atoms with Crippen LogP contribution in [0.5, 0.6) is 0 Å². The van der Waals surface area contributed by atoms with Crippen LogP contribution in [0.15, 0.2) is 174 Å². The highest BCUT2D eigenvalue weighted by Gasteiger charge is 2.20. The zero-order valence-corrected chi connectivity index (χ0v) is 24.6. The Morgan fingerprint density at radius 2 is 0.733 bits per heavy atom. The van der Waals surface area contributed by atoms with Crippen LogP contribution in [-0.2, 0) is 0 Å². The van der Waals surface area contributed by atoms with E-state index in [1.165, 1.54) is 60.5 Å². The first-order chi connectivity index (χ1) is 22.3. The number of rotatable bonds is 4. The monoisotopic (exact) mass is 572 g/mol. The summed E-state index contributed by atoms with van der Waals surface area (Å²) in [7, 11) is 0. The molecule has 0 amide bonds. The Bertz CT molecular complexity index is 2480. The first-order valence-corrected chi connectivity index (χ1v) is 15.4. The summed E-state index contributed by atoms with van der Waals surface area (Å²) in [5.74, 6) is 0. The molecule has 1 heteroatoms. The molecule has 0 fully saturated rings. The van der Waals surface area contributed by atoms with Gasteiger partial charge < -0.3 is 4.42 Å². The van der Waals surface area contributed by atoms with E-state index in [4.69, 9.17) is 4.42 Å². The molecular formula is C44H28O. The van der Waals surface area contributed by atoms with Crippen molar-refractivity contribution in [3.63, 3.8) is 0 Å². The van der Waals surface area contributed by atoms with Crippen LogP contribution in [0.4, 0.5) is 0 Å². The minimum atomic E-state index is 0.915. The van der Waals surface area contributed by atoms with Crippen LogP contribution < -0.4 is 0 Å². The zero-order valence-electron chi connectivity index (χ0n) is 24.6. The molecule has 0 radical (unpaired) electrons. The summed E-state index contributed by atoms with van der Waals surface area (Å²) in [6.07, 6.45) is 0. The molecule has 0 aliphatic heterocycles. The highest BCUT2D eigenvalue weighted by atomic mass is 16.3. The van der Waals surface area contributed by atoms with E-state index in [0.717, 1.165) is 27.5 Å². The van der Waals surface area contributed by atoms with Gasteiger partial charge in [0.1, 0.15) is 11.2 Å². The summed E-state index contributed by atoms with van der Waals surface area (Å²) >= 11 is 0. The van der Waals surface area contributed by atoms with Gasteiger partial charge in [-0.05, 0) is 73.1 Å². The number of furan rings is 1. The molecule has 210 valence electrons. The maximum Gasteiger partial charge on any atom is 0.143 e. The molecule has 0 aliphatic carbocycles. The number of para-hydroxylation sites is 2. The van der Waals surface area contributed by atoms with Gasteiger partial charge in [0.05, 0.1) is 0 Å². The molecule has 0 saturated heterocycles. The van der Waals surface area contributed by atoms with E-state index in [-0.39, 0.29) is 0 Å². The van der Waals surface area contributed by atoms with E-state index < -0.39 is 0 Å². The van der Waals surface area contributed by atoms with Crippen LogP contribution in [0.3, 0.4) is 0 Å². The minimum Gasteiger partial charge on any atom is -0.455 e. The van der Waals surface area contributed by atoms with Gasteiger partial charge in [-0.3, -0.25) is 0 Å². The zero-order chi connectivity index (χ0) is 29.7. The average molecular weight is 573 g/mol. The van der Waals surface area contributed by atoms with Crippen molar-refractivity contribution in [2.24, 2.45) is 0 Å². The summed E-state index contributed by atoms with van der Waals surface area (Å²) in [6, 6.07) is 60.9. The fourth-order valence-corrected chi connectivity index (χ4v) is 7.04. The topological polar surface area (TPSA) is 13.1 Å². The van der Waals surface area contributed by atoms with Gasteiger partial charge in [0.25, 0.3) is 0 Å². The van der Waals surface area contributed by atoms with Crippen LogP contribution in [-0.4, -0.2) is 0 Å². The van der Waals surface area contributed by atoms with Crippen molar-refractivity contribution >= 4 is 43.5 Å². The van der Waals surface area contributed by atoms with Crippen LogP contribution in [0, 0.1) is 0 Å². The van der Waals surface area contributed by atoms with Crippen LogP contribution in [0.25, 0.3) is 88.0 Å². The number of benzene rings is 8. The van der Waals surface area contributed by atoms with Gasteiger partial charge in [0.15, 0.2) is 0 Å². The molecule has 0 bridgehead atoms. The molecule has 1 nitrogen and oxygen atoms in total. The van der Waals surface area contributed by atoms with Gasteiger partial charge in [0, 0.05) is 21.9 Å². The Hall–Kier alpha value is -5.92. The van der Waals surface area contributed by atoms with Gasteiger partial charge >= 0.3 is 0 Å². The second kappa shape index (κ2) is 10.4. The molecule has 0 unspecified atom stereocenters. The smallest absolute Gasteiger partial charge is 0.143 e. The van der Waals surface area contributed by atoms with E-state index in [2.05, 4.69) is 164 Å². The molecule has 0 spiro atoms. The van der Waals surface area contributed by atoms with Crippen molar-refractivity contribution < 1.29 is 4.42 Å². The number of hydrogen-bond donors (Lipinski definition) is 0. The normalized spacial score (nSPS) is 11.6. The molecule has 45 heavy (non-hydrogen) atoms. The third-order valence-corrected chi connectivity index (χ3v) is 9.06. The summed E-state index contributed by atoms with van der Waals surface area (Å²) in [5.41, 5.74) is 11.5. The summed E-state index contributed by atoms with van der Waals surface area (Å²) in [5, 5.41) is 7.19. The van der Waals surface area contributed by atoms with Crippen molar-refractivity contribution in [2.45, 2.75) is 0 Å². The van der Waals surface area contributed by atoms with Crippen molar-refractivity contribution in [2.75, 3.05) is 0 Å². The third-order valence-electron chi connectivity index (χ3n) is 9.06. The summed E-state index contributed by atoms with van der Waals surface area (Å²) in [4.78, 5) is 0. The van der Waals surface area contributed by atoms with Gasteiger partial charge in [-0.2, -0.15) is 0 Å². The van der Waals surface area contributed by atoms with Gasteiger partial charge in [-0.15, -0.1) is 0 Å². The average Bonchev–Trinajstić information content (AvgIpc) is 3.50. The minimum absolute atomic E-state index is 0.915. The van der Waals surface area contributed by atoms with Crippen molar-refractivity contribution in [3.8, 4) is 44.5 Å². The van der Waals surface area contributed by atoms with Crippen molar-refractivity contribution in [1.29, 1.82) is 0 Å². The van der Waals surface area contributed by atoms with Crippen LogP contribution in [0.2, 0.25) is 0 Å². The molecule has 8 aromatic carbocycles. The third kappa shape index (κ3) is 4.17. The second-order valence-corrected chi connectivity index (χ2v) is 11.6. The van der Waals surface area contributed by atoms with Crippen LogP contribution in [0.1, 0.15) is 0 Å². The summed E-state index contributed by atoms with van der Waals surface area (Å²) < 4.78 is 6.56. The van der Waals surface area contributed by atoms with E-state index in [1.807, 2.05) is 6.07 Å². The molecule has 1 aromatic heterocycles. The van der Waals surface area contributed by atoms with E-state index in [1.54, 1.807) is 0 Å². The predicted octanol–water partition coefficient (Wildman–Crippen LogP) is 12.6. The first-order valence-electron chi connectivity index (χ1n) is 15.4. The maximum atomic E-state index is 6.56. The Morgan fingerprint density at radius 3 is 1.40 bits per heavy atom. The van der Waals surface area contributed by atoms with Gasteiger partial charge in [-0.25, -0.2) is 0 Å². The number of fused-ring (bicyclic) bond motifs is 5. The van der Waals surface area contributed by atoms with E-state index in [9.17, 15) is 0 Å². The Labute approximate surface area is 261 Å². The van der Waals surface area contributed by atoms with Gasteiger partial charge in [-0.1, -0.05) is 152 Å². The highest BCUT2D eigenvalue weighted by Crippen LogP contribution is 2.46. The highest BCUT2D eigenvalue weighted by molar-refractivity contribution is 6.24. The lowest BCUT2D eigenvalue weighted by atomic mass is 9.85. The van der Waals surface area contributed by atoms with Gasteiger partial charge in [0.2, 0.25) is 0 Å². The molecule has 9 aromatic rings. The summed E-state index contributed by atoms with van der Waals surface area (Å²) in [6.45, 7) is 0. The Kier molecular flexibility index (Phi) is 5.89. The standard InChI is InChI=1S/C44H28O/c1-2-13-29(14-3-1)30-15-10-16-31(27-30)32-17-11-18-33(28-32)42-35-20-4-6-22-37(35)43(38-23-7-5-21-36(38)42)40-25-12-24-39-34-19-8-9-26-41(34)45-44(39)40/h1-28H. The molecular weight excluding hydrogens is 544 g/mol. The first kappa shape index (κ1) is 25.6. The molecule has 1 heterocycles. The Balaban J connectivity index is 1.29. The lowest BCUT2D eigenvalue weighted by Gasteiger charge is -2.18. The lowest BCUT2D eigenvalue weighted by Crippen LogP contribution is -1.91. The van der Waals surface area contributed by atoms with E-state index >= 15 is 0 Å². The fraction of sp³-hybridized carbons (Fsp3) is 0. The largest absolute Gasteiger partial charge is 0.455 e. The second-order valence-electron chi connectivity index (χ2n) is 11.6. The predicted molar refractivity (Wildman–Crippen MR) is 190 cm³/mol.